The Bertz CT molecular complexity index is 954. The molecule has 6 nitrogen and oxygen atoms in total. The van der Waals surface area contributed by atoms with Crippen LogP contribution >= 0.6 is 7.60 Å². The van der Waals surface area contributed by atoms with Crippen LogP contribution in [-0.4, -0.2) is 22.6 Å². The van der Waals surface area contributed by atoms with Gasteiger partial charge in [-0.05, 0) is 38.1 Å². The van der Waals surface area contributed by atoms with E-state index in [0.717, 1.165) is 5.69 Å². The SMILES string of the molecule is CCOP(=O)(OCC)c1cn(-c2ccccc2)n(-c2ccccc2)c1=O. The van der Waals surface area contributed by atoms with Crippen LogP contribution in [-0.2, 0) is 13.6 Å². The molecule has 0 amide bonds. The van der Waals surface area contributed by atoms with Crippen molar-refractivity contribution in [2.75, 3.05) is 13.2 Å². The number of benzene rings is 2. The summed E-state index contributed by atoms with van der Waals surface area (Å²) in [6.07, 6.45) is 1.54. The van der Waals surface area contributed by atoms with Crippen molar-refractivity contribution in [1.82, 2.24) is 9.36 Å². The van der Waals surface area contributed by atoms with Crippen molar-refractivity contribution < 1.29 is 13.6 Å². The van der Waals surface area contributed by atoms with Crippen LogP contribution < -0.4 is 10.9 Å². The van der Waals surface area contributed by atoms with Crippen LogP contribution in [0.15, 0.2) is 71.7 Å². The lowest BCUT2D eigenvalue weighted by Gasteiger charge is -2.14. The lowest BCUT2D eigenvalue weighted by molar-refractivity contribution is 0.229. The van der Waals surface area contributed by atoms with Gasteiger partial charge in [-0.15, -0.1) is 0 Å². The standard InChI is InChI=1S/C19H21N2O4P/c1-3-24-26(23,25-4-2)18-15-20(16-11-7-5-8-12-16)21(19(18)22)17-13-9-6-10-14-17/h5-15H,3-4H2,1-2H3. The normalized spacial score (nSPS) is 11.6. The van der Waals surface area contributed by atoms with E-state index < -0.39 is 13.2 Å². The smallest absolute Gasteiger partial charge is 0.305 e. The van der Waals surface area contributed by atoms with Gasteiger partial charge in [-0.1, -0.05) is 36.4 Å². The van der Waals surface area contributed by atoms with Crippen molar-refractivity contribution in [2.24, 2.45) is 0 Å². The third-order valence-electron chi connectivity index (χ3n) is 3.79. The summed E-state index contributed by atoms with van der Waals surface area (Å²) in [7, 11) is -3.71. The first-order valence-electron chi connectivity index (χ1n) is 8.46. The first-order valence-corrected chi connectivity index (χ1v) is 10.00. The Kier molecular flexibility index (Phi) is 5.57. The third-order valence-corrected chi connectivity index (χ3v) is 5.88. The predicted octanol–water partition coefficient (Wildman–Crippen LogP) is 3.52. The highest BCUT2D eigenvalue weighted by Crippen LogP contribution is 2.45. The summed E-state index contributed by atoms with van der Waals surface area (Å²) in [5.74, 6) is 0. The topological polar surface area (TPSA) is 62.5 Å². The van der Waals surface area contributed by atoms with E-state index in [-0.39, 0.29) is 18.5 Å². The Hall–Kier alpha value is -2.40. The second kappa shape index (κ2) is 7.87. The Morgan fingerprint density at radius 2 is 1.35 bits per heavy atom. The van der Waals surface area contributed by atoms with E-state index >= 15 is 0 Å². The quantitative estimate of drug-likeness (QED) is 0.596. The van der Waals surface area contributed by atoms with E-state index in [9.17, 15) is 9.36 Å². The van der Waals surface area contributed by atoms with Crippen molar-refractivity contribution in [3.8, 4) is 11.4 Å². The molecule has 0 unspecified atom stereocenters. The fourth-order valence-corrected chi connectivity index (χ4v) is 4.33. The number of hydrogen-bond acceptors (Lipinski definition) is 4. The van der Waals surface area contributed by atoms with Gasteiger partial charge in [0.2, 0.25) is 0 Å². The zero-order valence-electron chi connectivity index (χ0n) is 14.7. The van der Waals surface area contributed by atoms with Crippen LogP contribution in [0.2, 0.25) is 0 Å². The molecule has 0 aliphatic rings. The maximum atomic E-state index is 13.2. The molecular formula is C19H21N2O4P. The number of hydrogen-bond donors (Lipinski definition) is 0. The molecule has 0 spiro atoms. The van der Waals surface area contributed by atoms with Gasteiger partial charge in [0.1, 0.15) is 5.30 Å². The summed E-state index contributed by atoms with van der Waals surface area (Å²) in [5, 5.41) is 0.0221. The predicted molar refractivity (Wildman–Crippen MR) is 102 cm³/mol. The largest absolute Gasteiger partial charge is 0.368 e. The molecule has 2 aromatic carbocycles. The van der Waals surface area contributed by atoms with E-state index in [1.54, 1.807) is 18.5 Å². The van der Waals surface area contributed by atoms with Crippen LogP contribution in [0.3, 0.4) is 0 Å². The molecule has 3 aromatic rings. The zero-order chi connectivity index (χ0) is 18.6. The summed E-state index contributed by atoms with van der Waals surface area (Å²) in [6, 6.07) is 18.6. The third kappa shape index (κ3) is 3.44. The summed E-state index contributed by atoms with van der Waals surface area (Å²) >= 11 is 0. The van der Waals surface area contributed by atoms with Crippen molar-refractivity contribution in [3.05, 3.63) is 77.2 Å². The second-order valence-electron chi connectivity index (χ2n) is 5.48. The lowest BCUT2D eigenvalue weighted by atomic mass is 10.3. The molecule has 0 saturated carbocycles. The Balaban J connectivity index is 2.28. The van der Waals surface area contributed by atoms with Gasteiger partial charge in [-0.3, -0.25) is 14.0 Å². The minimum atomic E-state index is -3.71. The minimum Gasteiger partial charge on any atom is -0.305 e. The monoisotopic (exact) mass is 372 g/mol. The van der Waals surface area contributed by atoms with E-state index in [0.29, 0.717) is 5.69 Å². The Morgan fingerprint density at radius 1 is 0.846 bits per heavy atom. The van der Waals surface area contributed by atoms with Gasteiger partial charge >= 0.3 is 7.60 Å². The van der Waals surface area contributed by atoms with Gasteiger partial charge in [0.25, 0.3) is 5.56 Å². The first-order chi connectivity index (χ1) is 12.6. The summed E-state index contributed by atoms with van der Waals surface area (Å²) in [4.78, 5) is 13.2. The van der Waals surface area contributed by atoms with Crippen LogP contribution in [0.5, 0.6) is 0 Å². The summed E-state index contributed by atoms with van der Waals surface area (Å²) < 4.78 is 27.1. The van der Waals surface area contributed by atoms with Crippen molar-refractivity contribution >= 4 is 12.9 Å². The summed E-state index contributed by atoms with van der Waals surface area (Å²) in [6.45, 7) is 3.79. The van der Waals surface area contributed by atoms with Gasteiger partial charge < -0.3 is 9.05 Å². The average Bonchev–Trinajstić information content (AvgIpc) is 3.01. The average molecular weight is 372 g/mol. The molecule has 0 aliphatic carbocycles. The first kappa shape index (κ1) is 18.4. The molecule has 0 saturated heterocycles. The van der Waals surface area contributed by atoms with Gasteiger partial charge in [-0.25, -0.2) is 4.68 Å². The highest BCUT2D eigenvalue weighted by atomic mass is 31.2. The number of rotatable bonds is 7. The van der Waals surface area contributed by atoms with Crippen molar-refractivity contribution in [1.29, 1.82) is 0 Å². The summed E-state index contributed by atoms with van der Waals surface area (Å²) in [5.41, 5.74) is 0.997. The highest BCUT2D eigenvalue weighted by molar-refractivity contribution is 7.62. The number of aromatic nitrogens is 2. The Labute approximate surface area is 152 Å². The molecular weight excluding hydrogens is 351 g/mol. The fourth-order valence-electron chi connectivity index (χ4n) is 2.72. The molecule has 1 heterocycles. The second-order valence-corrected chi connectivity index (χ2v) is 7.47. The van der Waals surface area contributed by atoms with E-state index in [4.69, 9.17) is 9.05 Å². The highest BCUT2D eigenvalue weighted by Gasteiger charge is 2.33. The van der Waals surface area contributed by atoms with Gasteiger partial charge in [0, 0.05) is 6.20 Å². The lowest BCUT2D eigenvalue weighted by Crippen LogP contribution is -2.29. The molecule has 26 heavy (non-hydrogen) atoms. The number of para-hydroxylation sites is 2. The maximum absolute atomic E-state index is 13.2. The van der Waals surface area contributed by atoms with Gasteiger partial charge in [-0.2, -0.15) is 0 Å². The van der Waals surface area contributed by atoms with E-state index in [1.807, 2.05) is 60.7 Å². The fraction of sp³-hybridized carbons (Fsp3) is 0.211. The molecule has 0 bridgehead atoms. The van der Waals surface area contributed by atoms with Crippen molar-refractivity contribution in [3.63, 3.8) is 0 Å². The zero-order valence-corrected chi connectivity index (χ0v) is 15.6. The van der Waals surface area contributed by atoms with Crippen LogP contribution in [0.1, 0.15) is 13.8 Å². The molecule has 0 aliphatic heterocycles. The number of nitrogens with zero attached hydrogens (tertiary/aromatic N) is 2. The van der Waals surface area contributed by atoms with Crippen LogP contribution in [0, 0.1) is 0 Å². The molecule has 0 N–H and O–H groups in total. The molecule has 7 heteroatoms. The molecule has 0 radical (unpaired) electrons. The molecule has 3 rings (SSSR count). The van der Waals surface area contributed by atoms with E-state index in [2.05, 4.69) is 0 Å². The van der Waals surface area contributed by atoms with Gasteiger partial charge in [0.05, 0.1) is 24.6 Å². The Morgan fingerprint density at radius 3 is 1.85 bits per heavy atom. The molecule has 1 aromatic heterocycles. The van der Waals surface area contributed by atoms with Crippen LogP contribution in [0.25, 0.3) is 11.4 Å². The molecule has 0 atom stereocenters. The maximum Gasteiger partial charge on any atom is 0.368 e. The molecule has 0 fully saturated rings. The van der Waals surface area contributed by atoms with Crippen molar-refractivity contribution in [2.45, 2.75) is 13.8 Å². The minimum absolute atomic E-state index is 0.0221. The van der Waals surface area contributed by atoms with Crippen LogP contribution in [0.4, 0.5) is 0 Å². The molecule has 136 valence electrons. The van der Waals surface area contributed by atoms with Gasteiger partial charge in [0.15, 0.2) is 0 Å². The van der Waals surface area contributed by atoms with E-state index in [1.165, 1.54) is 10.9 Å².